The highest BCUT2D eigenvalue weighted by Crippen LogP contribution is 2.21. The van der Waals surface area contributed by atoms with E-state index in [1.165, 1.54) is 25.3 Å². The first-order valence-electron chi connectivity index (χ1n) is 5.61. The van der Waals surface area contributed by atoms with E-state index in [-0.39, 0.29) is 17.4 Å². The molecule has 2 rings (SSSR count). The zero-order valence-corrected chi connectivity index (χ0v) is 11.0. The molecule has 0 aromatic heterocycles. The van der Waals surface area contributed by atoms with Crippen molar-refractivity contribution in [1.82, 2.24) is 0 Å². The van der Waals surface area contributed by atoms with Crippen molar-refractivity contribution >= 4 is 17.3 Å². The highest BCUT2D eigenvalue weighted by atomic mass is 35.5. The zero-order chi connectivity index (χ0) is 13.8. The molecule has 5 heteroatoms. The van der Waals surface area contributed by atoms with Gasteiger partial charge in [-0.15, -0.1) is 0 Å². The van der Waals surface area contributed by atoms with Gasteiger partial charge in [0.25, 0.3) is 0 Å². The summed E-state index contributed by atoms with van der Waals surface area (Å²) in [6.07, 6.45) is 0. The molecule has 2 nitrogen and oxygen atoms in total. The van der Waals surface area contributed by atoms with Crippen LogP contribution in [0, 0.1) is 11.6 Å². The number of methoxy groups -OCH3 is 1. The summed E-state index contributed by atoms with van der Waals surface area (Å²) in [5.74, 6) is -0.381. The van der Waals surface area contributed by atoms with Gasteiger partial charge in [0.2, 0.25) is 0 Å². The van der Waals surface area contributed by atoms with Gasteiger partial charge < -0.3 is 10.1 Å². The van der Waals surface area contributed by atoms with Crippen molar-refractivity contribution in [3.05, 3.63) is 58.6 Å². The molecule has 0 radical (unpaired) electrons. The molecule has 0 saturated heterocycles. The van der Waals surface area contributed by atoms with E-state index in [0.717, 1.165) is 0 Å². The summed E-state index contributed by atoms with van der Waals surface area (Å²) in [5, 5.41) is 3.00. The number of rotatable bonds is 4. The van der Waals surface area contributed by atoms with E-state index in [1.54, 1.807) is 18.2 Å². The first kappa shape index (κ1) is 13.6. The number of halogens is 3. The van der Waals surface area contributed by atoms with Gasteiger partial charge in [0.15, 0.2) is 0 Å². The van der Waals surface area contributed by atoms with Crippen LogP contribution in [0.5, 0.6) is 5.75 Å². The maximum atomic E-state index is 13.7. The van der Waals surface area contributed by atoms with Crippen molar-refractivity contribution in [2.45, 2.75) is 6.54 Å². The second-order valence-corrected chi connectivity index (χ2v) is 4.35. The molecule has 0 aliphatic heterocycles. The van der Waals surface area contributed by atoms with Crippen molar-refractivity contribution in [3.63, 3.8) is 0 Å². The highest BCUT2D eigenvalue weighted by Gasteiger charge is 2.05. The van der Waals surface area contributed by atoms with Crippen LogP contribution in [0.1, 0.15) is 5.56 Å². The Kier molecular flexibility index (Phi) is 4.22. The van der Waals surface area contributed by atoms with E-state index in [0.29, 0.717) is 17.0 Å². The monoisotopic (exact) mass is 283 g/mol. The van der Waals surface area contributed by atoms with E-state index >= 15 is 0 Å². The molecule has 0 amide bonds. The van der Waals surface area contributed by atoms with Gasteiger partial charge in [-0.25, -0.2) is 8.78 Å². The zero-order valence-electron chi connectivity index (χ0n) is 10.2. The second kappa shape index (κ2) is 5.89. The van der Waals surface area contributed by atoms with Crippen LogP contribution < -0.4 is 10.1 Å². The van der Waals surface area contributed by atoms with E-state index in [9.17, 15) is 8.78 Å². The number of nitrogens with one attached hydrogen (secondary N) is 1. The third-order valence-electron chi connectivity index (χ3n) is 2.66. The van der Waals surface area contributed by atoms with Crippen molar-refractivity contribution in [2.75, 3.05) is 12.4 Å². The average Bonchev–Trinajstić information content (AvgIpc) is 2.41. The summed E-state index contributed by atoms with van der Waals surface area (Å²) in [7, 11) is 1.48. The Morgan fingerprint density at radius 1 is 1.11 bits per heavy atom. The molecule has 1 N–H and O–H groups in total. The third kappa shape index (κ3) is 3.35. The molecule has 100 valence electrons. The molecule has 19 heavy (non-hydrogen) atoms. The lowest BCUT2D eigenvalue weighted by Gasteiger charge is -2.09. The predicted octanol–water partition coefficient (Wildman–Crippen LogP) is 4.24. The molecule has 0 spiro atoms. The SMILES string of the molecule is COc1ccc(CNc2ccc(F)c(Cl)c2)c(F)c1. The molecule has 0 unspecified atom stereocenters. The standard InChI is InChI=1S/C14H12ClF2NO/c1-19-11-4-2-9(14(17)7-11)8-18-10-3-5-13(16)12(15)6-10/h2-7,18H,8H2,1H3. The van der Waals surface area contributed by atoms with Crippen molar-refractivity contribution in [2.24, 2.45) is 0 Å². The van der Waals surface area contributed by atoms with Gasteiger partial charge in [0, 0.05) is 23.9 Å². The lowest BCUT2D eigenvalue weighted by atomic mass is 10.2. The lowest BCUT2D eigenvalue weighted by molar-refractivity contribution is 0.411. The summed E-state index contributed by atoms with van der Waals surface area (Å²) in [6.45, 7) is 0.276. The molecule has 0 heterocycles. The summed E-state index contributed by atoms with van der Waals surface area (Å²) in [6, 6.07) is 8.88. The van der Waals surface area contributed by atoms with Gasteiger partial charge in [0.05, 0.1) is 12.1 Å². The maximum Gasteiger partial charge on any atom is 0.141 e. The molecule has 0 bridgehead atoms. The van der Waals surface area contributed by atoms with Crippen LogP contribution >= 0.6 is 11.6 Å². The number of hydrogen-bond acceptors (Lipinski definition) is 2. The lowest BCUT2D eigenvalue weighted by Crippen LogP contribution is -2.02. The number of ether oxygens (including phenoxy) is 1. The fourth-order valence-corrected chi connectivity index (χ4v) is 1.78. The van der Waals surface area contributed by atoms with E-state index in [4.69, 9.17) is 16.3 Å². The van der Waals surface area contributed by atoms with Crippen molar-refractivity contribution in [3.8, 4) is 5.75 Å². The van der Waals surface area contributed by atoms with Crippen LogP contribution in [0.3, 0.4) is 0 Å². The van der Waals surface area contributed by atoms with Gasteiger partial charge in [-0.3, -0.25) is 0 Å². The first-order chi connectivity index (χ1) is 9.10. The Balaban J connectivity index is 2.07. The maximum absolute atomic E-state index is 13.7. The summed E-state index contributed by atoms with van der Waals surface area (Å²) >= 11 is 5.66. The molecule has 0 atom stereocenters. The number of anilines is 1. The van der Waals surface area contributed by atoms with Crippen LogP contribution in [0.25, 0.3) is 0 Å². The van der Waals surface area contributed by atoms with Gasteiger partial charge in [-0.1, -0.05) is 17.7 Å². The summed E-state index contributed by atoms with van der Waals surface area (Å²) in [5.41, 5.74) is 1.11. The van der Waals surface area contributed by atoms with Crippen LogP contribution in [-0.4, -0.2) is 7.11 Å². The predicted molar refractivity (Wildman–Crippen MR) is 71.7 cm³/mol. The van der Waals surface area contributed by atoms with Crippen molar-refractivity contribution < 1.29 is 13.5 Å². The van der Waals surface area contributed by atoms with Gasteiger partial charge >= 0.3 is 0 Å². The molecule has 0 fully saturated rings. The largest absolute Gasteiger partial charge is 0.497 e. The molecule has 0 aliphatic carbocycles. The topological polar surface area (TPSA) is 21.3 Å². The minimum Gasteiger partial charge on any atom is -0.497 e. The Labute approximate surface area is 115 Å². The minimum absolute atomic E-state index is 0.0280. The molecular formula is C14H12ClF2NO. The van der Waals surface area contributed by atoms with Crippen LogP contribution in [0.2, 0.25) is 5.02 Å². The molecular weight excluding hydrogens is 272 g/mol. The van der Waals surface area contributed by atoms with E-state index in [1.807, 2.05) is 0 Å². The fourth-order valence-electron chi connectivity index (χ4n) is 1.60. The van der Waals surface area contributed by atoms with Gasteiger partial charge in [-0.2, -0.15) is 0 Å². The number of benzene rings is 2. The Morgan fingerprint density at radius 3 is 2.53 bits per heavy atom. The first-order valence-corrected chi connectivity index (χ1v) is 5.99. The molecule has 0 aliphatic rings. The quantitative estimate of drug-likeness (QED) is 0.906. The van der Waals surface area contributed by atoms with Crippen molar-refractivity contribution in [1.29, 1.82) is 0 Å². The average molecular weight is 284 g/mol. The van der Waals surface area contributed by atoms with E-state index in [2.05, 4.69) is 5.32 Å². The Morgan fingerprint density at radius 2 is 1.89 bits per heavy atom. The second-order valence-electron chi connectivity index (χ2n) is 3.94. The molecule has 0 saturated carbocycles. The number of hydrogen-bond donors (Lipinski definition) is 1. The van der Waals surface area contributed by atoms with Gasteiger partial charge in [0.1, 0.15) is 17.4 Å². The molecule has 2 aromatic rings. The third-order valence-corrected chi connectivity index (χ3v) is 2.95. The summed E-state index contributed by atoms with van der Waals surface area (Å²) < 4.78 is 31.6. The fraction of sp³-hybridized carbons (Fsp3) is 0.143. The van der Waals surface area contributed by atoms with Crippen LogP contribution in [0.15, 0.2) is 36.4 Å². The Hall–Kier alpha value is -1.81. The highest BCUT2D eigenvalue weighted by molar-refractivity contribution is 6.31. The van der Waals surface area contributed by atoms with Crippen LogP contribution in [-0.2, 0) is 6.54 Å². The smallest absolute Gasteiger partial charge is 0.141 e. The van der Waals surface area contributed by atoms with Gasteiger partial charge in [-0.05, 0) is 24.3 Å². The van der Waals surface area contributed by atoms with Crippen LogP contribution in [0.4, 0.5) is 14.5 Å². The minimum atomic E-state index is -0.483. The molecule has 2 aromatic carbocycles. The summed E-state index contributed by atoms with van der Waals surface area (Å²) in [4.78, 5) is 0. The Bertz CT molecular complexity index is 590. The normalized spacial score (nSPS) is 10.3. The van der Waals surface area contributed by atoms with E-state index < -0.39 is 5.82 Å².